The number of carbonyl (C=O) groups is 1. The fourth-order valence-corrected chi connectivity index (χ4v) is 3.26. The number of furan rings is 1. The van der Waals surface area contributed by atoms with Crippen LogP contribution in [0.15, 0.2) is 39.3 Å². The van der Waals surface area contributed by atoms with Gasteiger partial charge in [-0.1, -0.05) is 22.8 Å². The van der Waals surface area contributed by atoms with E-state index in [-0.39, 0.29) is 22.0 Å². The molecule has 0 saturated carbocycles. The zero-order chi connectivity index (χ0) is 20.0. The van der Waals surface area contributed by atoms with Gasteiger partial charge in [0.25, 0.3) is 11.6 Å². The van der Waals surface area contributed by atoms with Crippen molar-refractivity contribution < 1.29 is 18.1 Å². The molecule has 8 heteroatoms. The van der Waals surface area contributed by atoms with Crippen molar-refractivity contribution in [3.05, 3.63) is 63.9 Å². The van der Waals surface area contributed by atoms with E-state index >= 15 is 0 Å². The molecule has 6 nitrogen and oxygen atoms in total. The van der Waals surface area contributed by atoms with E-state index in [1.807, 2.05) is 13.0 Å². The molecule has 1 N–H and O–H groups in total. The van der Waals surface area contributed by atoms with Gasteiger partial charge >= 0.3 is 0 Å². The number of anilines is 1. The Hall–Kier alpha value is -3.19. The first-order valence-corrected chi connectivity index (χ1v) is 8.82. The van der Waals surface area contributed by atoms with Gasteiger partial charge in [-0.2, -0.15) is 0 Å². The molecule has 3 heterocycles. The van der Waals surface area contributed by atoms with Crippen LogP contribution in [0.1, 0.15) is 27.6 Å². The molecule has 142 valence electrons. The van der Waals surface area contributed by atoms with Crippen LogP contribution in [0.5, 0.6) is 0 Å². The highest BCUT2D eigenvalue weighted by Gasteiger charge is 2.22. The van der Waals surface area contributed by atoms with E-state index < -0.39 is 11.7 Å². The molecule has 4 rings (SSSR count). The topological polar surface area (TPSA) is 81.2 Å². The summed E-state index contributed by atoms with van der Waals surface area (Å²) in [5, 5.41) is 6.84. The predicted molar refractivity (Wildman–Crippen MR) is 103 cm³/mol. The van der Waals surface area contributed by atoms with Crippen molar-refractivity contribution in [1.82, 2.24) is 10.1 Å². The van der Waals surface area contributed by atoms with Gasteiger partial charge in [0.2, 0.25) is 0 Å². The number of amides is 1. The smallest absolute Gasteiger partial charge is 0.259 e. The normalized spacial score (nSPS) is 11.2. The molecule has 0 unspecified atom stereocenters. The molecule has 0 bridgehead atoms. The van der Waals surface area contributed by atoms with Crippen LogP contribution in [0.3, 0.4) is 0 Å². The van der Waals surface area contributed by atoms with Crippen molar-refractivity contribution >= 4 is 34.3 Å². The number of nitrogens with zero attached hydrogens (tertiary/aromatic N) is 2. The Morgan fingerprint density at radius 3 is 2.71 bits per heavy atom. The Balaban J connectivity index is 1.85. The summed E-state index contributed by atoms with van der Waals surface area (Å²) in [5.74, 6) is 0.147. The van der Waals surface area contributed by atoms with Crippen LogP contribution < -0.4 is 5.32 Å². The van der Waals surface area contributed by atoms with Gasteiger partial charge in [-0.15, -0.1) is 0 Å². The van der Waals surface area contributed by atoms with Crippen LogP contribution in [0.25, 0.3) is 22.4 Å². The average molecular weight is 400 g/mol. The maximum atomic E-state index is 14.2. The second-order valence-corrected chi connectivity index (χ2v) is 6.79. The third-order valence-electron chi connectivity index (χ3n) is 4.38. The Bertz CT molecular complexity index is 1230. The number of benzene rings is 1. The summed E-state index contributed by atoms with van der Waals surface area (Å²) in [5.41, 5.74) is 2.19. The van der Waals surface area contributed by atoms with E-state index in [0.29, 0.717) is 22.5 Å². The molecule has 0 aliphatic rings. The molecule has 0 spiro atoms. The lowest BCUT2D eigenvalue weighted by Crippen LogP contribution is -2.14. The number of rotatable bonds is 3. The highest BCUT2D eigenvalue weighted by molar-refractivity contribution is 6.31. The molecule has 4 aromatic rings. The molecule has 0 radical (unpaired) electrons. The zero-order valence-electron chi connectivity index (χ0n) is 15.3. The summed E-state index contributed by atoms with van der Waals surface area (Å²) in [4.78, 5) is 17.4. The van der Waals surface area contributed by atoms with Crippen molar-refractivity contribution in [2.75, 3.05) is 5.32 Å². The highest BCUT2D eigenvalue weighted by atomic mass is 35.5. The number of carbonyl (C=O) groups excluding carboxylic acids is 1. The van der Waals surface area contributed by atoms with Gasteiger partial charge in [0, 0.05) is 5.56 Å². The fourth-order valence-electron chi connectivity index (χ4n) is 3.09. The molecule has 0 aliphatic carbocycles. The molecule has 0 fully saturated rings. The average Bonchev–Trinajstić information content (AvgIpc) is 3.20. The molecular formula is C20H15ClFN3O3. The van der Waals surface area contributed by atoms with Gasteiger partial charge in [0.05, 0.1) is 33.0 Å². The monoisotopic (exact) mass is 399 g/mol. The van der Waals surface area contributed by atoms with E-state index in [9.17, 15) is 9.18 Å². The minimum Gasteiger partial charge on any atom is -0.466 e. The maximum Gasteiger partial charge on any atom is 0.259 e. The van der Waals surface area contributed by atoms with Gasteiger partial charge in [0.1, 0.15) is 11.5 Å². The predicted octanol–water partition coefficient (Wildman–Crippen LogP) is 5.45. The second kappa shape index (κ2) is 6.76. The Morgan fingerprint density at radius 1 is 1.21 bits per heavy atom. The lowest BCUT2D eigenvalue weighted by Gasteiger charge is -2.09. The lowest BCUT2D eigenvalue weighted by atomic mass is 10.1. The molecule has 0 saturated heterocycles. The van der Waals surface area contributed by atoms with E-state index in [1.165, 1.54) is 12.1 Å². The summed E-state index contributed by atoms with van der Waals surface area (Å²) in [7, 11) is 0. The van der Waals surface area contributed by atoms with Gasteiger partial charge in [-0.3, -0.25) is 4.79 Å². The van der Waals surface area contributed by atoms with Gasteiger partial charge < -0.3 is 14.3 Å². The number of aromatic nitrogens is 2. The minimum absolute atomic E-state index is 0.0199. The summed E-state index contributed by atoms with van der Waals surface area (Å²) >= 11 is 5.80. The number of aryl methyl sites for hydroxylation is 3. The quantitative estimate of drug-likeness (QED) is 0.495. The lowest BCUT2D eigenvalue weighted by molar-refractivity contribution is 0.102. The first-order valence-electron chi connectivity index (χ1n) is 8.45. The Morgan fingerprint density at radius 2 is 2.00 bits per heavy atom. The van der Waals surface area contributed by atoms with Crippen molar-refractivity contribution in [3.8, 4) is 11.3 Å². The molecule has 0 atom stereocenters. The molecule has 28 heavy (non-hydrogen) atoms. The van der Waals surface area contributed by atoms with Crippen LogP contribution >= 0.6 is 11.6 Å². The number of hydrogen-bond acceptors (Lipinski definition) is 5. The number of pyridine rings is 1. The van der Waals surface area contributed by atoms with Gasteiger partial charge in [-0.05, 0) is 45.0 Å². The largest absolute Gasteiger partial charge is 0.466 e. The van der Waals surface area contributed by atoms with E-state index in [0.717, 1.165) is 11.3 Å². The van der Waals surface area contributed by atoms with Crippen LogP contribution in [0.4, 0.5) is 10.1 Å². The first kappa shape index (κ1) is 18.2. The number of nitrogens with one attached hydrogen (secondary N) is 1. The van der Waals surface area contributed by atoms with Gasteiger partial charge in [0.15, 0.2) is 5.82 Å². The van der Waals surface area contributed by atoms with Crippen molar-refractivity contribution in [2.24, 2.45) is 0 Å². The van der Waals surface area contributed by atoms with Crippen LogP contribution in [0, 0.1) is 26.6 Å². The summed E-state index contributed by atoms with van der Waals surface area (Å²) in [6.45, 7) is 5.33. The van der Waals surface area contributed by atoms with Crippen LogP contribution in [0.2, 0.25) is 5.02 Å². The number of halogens is 2. The van der Waals surface area contributed by atoms with Crippen molar-refractivity contribution in [2.45, 2.75) is 20.8 Å². The number of fused-ring (bicyclic) bond motifs is 1. The summed E-state index contributed by atoms with van der Waals surface area (Å²) < 4.78 is 25.0. The van der Waals surface area contributed by atoms with Gasteiger partial charge in [-0.25, -0.2) is 9.37 Å². The fraction of sp³-hybridized carbons (Fsp3) is 0.150. The zero-order valence-corrected chi connectivity index (χ0v) is 16.0. The van der Waals surface area contributed by atoms with Crippen molar-refractivity contribution in [1.29, 1.82) is 0 Å². The Labute approximate surface area is 164 Å². The van der Waals surface area contributed by atoms with E-state index in [2.05, 4.69) is 15.5 Å². The number of hydrogen-bond donors (Lipinski definition) is 1. The third kappa shape index (κ3) is 3.03. The molecule has 1 amide bonds. The minimum atomic E-state index is -0.702. The SMILES string of the molecule is Cc1cc(-c2cc(C(=O)Nc3cccc(Cl)c3F)c3c(C)noc3n2)c(C)o1. The molecule has 0 aliphatic heterocycles. The molecule has 1 aromatic carbocycles. The molecule has 3 aromatic heterocycles. The van der Waals surface area contributed by atoms with Crippen LogP contribution in [-0.2, 0) is 0 Å². The second-order valence-electron chi connectivity index (χ2n) is 6.39. The summed E-state index contributed by atoms with van der Waals surface area (Å²) in [6, 6.07) is 7.83. The standard InChI is InChI=1S/C20H15ClFN3O3/c1-9-7-12(11(3)27-9)16-8-13(17-10(2)25-28-20(17)24-16)19(26)23-15-6-4-5-14(21)18(15)22/h4-8H,1-3H3,(H,23,26). The van der Waals surface area contributed by atoms with Crippen LogP contribution in [-0.4, -0.2) is 16.0 Å². The first-order chi connectivity index (χ1) is 13.3. The third-order valence-corrected chi connectivity index (χ3v) is 4.67. The Kier molecular flexibility index (Phi) is 4.39. The summed E-state index contributed by atoms with van der Waals surface area (Å²) in [6.07, 6.45) is 0. The maximum absolute atomic E-state index is 14.2. The highest BCUT2D eigenvalue weighted by Crippen LogP contribution is 2.31. The van der Waals surface area contributed by atoms with Crippen molar-refractivity contribution in [3.63, 3.8) is 0 Å². The van der Waals surface area contributed by atoms with E-state index in [1.54, 1.807) is 26.0 Å². The molecular weight excluding hydrogens is 385 g/mol. The van der Waals surface area contributed by atoms with E-state index in [4.69, 9.17) is 20.5 Å².